The number of rotatable bonds is 8. The van der Waals surface area contributed by atoms with Crippen LogP contribution in [0, 0.1) is 0 Å². The summed E-state index contributed by atoms with van der Waals surface area (Å²) >= 11 is 1.47. The Morgan fingerprint density at radius 1 is 1.17 bits per heavy atom. The highest BCUT2D eigenvalue weighted by molar-refractivity contribution is 7.10. The maximum Gasteiger partial charge on any atom is 0.295 e. The Morgan fingerprint density at radius 3 is 2.41 bits per heavy atom. The molecule has 154 valence electrons. The van der Waals surface area contributed by atoms with E-state index in [1.54, 1.807) is 36.3 Å². The molecule has 1 aromatic carbocycles. The lowest BCUT2D eigenvalue weighted by Crippen LogP contribution is -2.37. The van der Waals surface area contributed by atoms with Gasteiger partial charge in [0.25, 0.3) is 11.7 Å². The van der Waals surface area contributed by atoms with Gasteiger partial charge in [0.1, 0.15) is 11.5 Å². The number of Topliss-reactive ketones (excluding diaryl/α,β-unsaturated/α-hetero) is 1. The van der Waals surface area contributed by atoms with Gasteiger partial charge in [-0.15, -0.1) is 11.3 Å². The Balaban J connectivity index is 2.02. The molecule has 3 rings (SSSR count). The van der Waals surface area contributed by atoms with Gasteiger partial charge in [-0.25, -0.2) is 0 Å². The van der Waals surface area contributed by atoms with Gasteiger partial charge in [0.05, 0.1) is 18.7 Å². The number of nitrogens with zero attached hydrogens (tertiary/aromatic N) is 2. The SMILES string of the molecule is CCN(CC)CCN1C(=O)C(=O)/C(=C(/O)c2ccc(OC)cc2)C1c1cccs1. The first-order valence-corrected chi connectivity index (χ1v) is 10.6. The zero-order valence-electron chi connectivity index (χ0n) is 16.9. The van der Waals surface area contributed by atoms with Gasteiger partial charge in [-0.05, 0) is 48.8 Å². The molecule has 2 heterocycles. The summed E-state index contributed by atoms with van der Waals surface area (Å²) in [7, 11) is 1.56. The molecule has 1 fully saturated rings. The molecule has 2 aromatic rings. The Labute approximate surface area is 175 Å². The van der Waals surface area contributed by atoms with Gasteiger partial charge in [0.15, 0.2) is 0 Å². The highest BCUT2D eigenvalue weighted by Crippen LogP contribution is 2.41. The van der Waals surface area contributed by atoms with E-state index in [0.717, 1.165) is 18.0 Å². The van der Waals surface area contributed by atoms with Crippen LogP contribution in [-0.2, 0) is 9.59 Å². The average Bonchev–Trinajstić information content (AvgIpc) is 3.36. The van der Waals surface area contributed by atoms with Gasteiger partial charge >= 0.3 is 0 Å². The van der Waals surface area contributed by atoms with E-state index < -0.39 is 17.7 Å². The number of ketones is 1. The molecule has 1 aliphatic heterocycles. The second kappa shape index (κ2) is 9.24. The topological polar surface area (TPSA) is 70.1 Å². The number of thiophene rings is 1. The van der Waals surface area contributed by atoms with Crippen molar-refractivity contribution in [3.63, 3.8) is 0 Å². The third-order valence-electron chi connectivity index (χ3n) is 5.27. The number of aliphatic hydroxyl groups is 1. The molecule has 6 nitrogen and oxygen atoms in total. The number of hydrogen-bond donors (Lipinski definition) is 1. The molecule has 0 aliphatic carbocycles. The van der Waals surface area contributed by atoms with E-state index in [2.05, 4.69) is 18.7 Å². The number of likely N-dealkylation sites (tertiary alicyclic amines) is 1. The van der Waals surface area contributed by atoms with Crippen LogP contribution in [-0.4, -0.2) is 59.9 Å². The molecule has 1 N–H and O–H groups in total. The first-order chi connectivity index (χ1) is 14.0. The van der Waals surface area contributed by atoms with E-state index in [1.807, 2.05) is 17.5 Å². The molecule has 0 radical (unpaired) electrons. The summed E-state index contributed by atoms with van der Waals surface area (Å²) in [4.78, 5) is 30.4. The minimum atomic E-state index is -0.642. The quantitative estimate of drug-likeness (QED) is 0.407. The Hall–Kier alpha value is -2.64. The number of likely N-dealkylation sites (N-methyl/N-ethyl adjacent to an activating group) is 1. The minimum Gasteiger partial charge on any atom is -0.507 e. The standard InChI is InChI=1S/C22H26N2O4S/c1-4-23(5-2)12-13-24-19(17-7-6-14-29-17)18(21(26)22(24)27)20(25)15-8-10-16(28-3)11-9-15/h6-11,14,19,25H,4-5,12-13H2,1-3H3/b20-18+. The predicted octanol–water partition coefficient (Wildman–Crippen LogP) is 3.52. The zero-order valence-corrected chi connectivity index (χ0v) is 17.7. The number of hydrogen-bond acceptors (Lipinski definition) is 6. The first kappa shape index (κ1) is 21.1. The Bertz CT molecular complexity index is 886. The second-order valence-electron chi connectivity index (χ2n) is 6.76. The van der Waals surface area contributed by atoms with Crippen LogP contribution in [0.3, 0.4) is 0 Å². The van der Waals surface area contributed by atoms with Crippen molar-refractivity contribution in [2.45, 2.75) is 19.9 Å². The molecule has 0 spiro atoms. The fourth-order valence-electron chi connectivity index (χ4n) is 3.55. The van der Waals surface area contributed by atoms with E-state index in [9.17, 15) is 14.7 Å². The highest BCUT2D eigenvalue weighted by Gasteiger charge is 2.46. The second-order valence-corrected chi connectivity index (χ2v) is 7.74. The summed E-state index contributed by atoms with van der Waals surface area (Å²) in [6, 6.07) is 10.0. The maximum atomic E-state index is 12.9. The largest absolute Gasteiger partial charge is 0.507 e. The molecule has 1 aliphatic rings. The van der Waals surface area contributed by atoms with Crippen LogP contribution < -0.4 is 4.74 Å². The van der Waals surface area contributed by atoms with Gasteiger partial charge < -0.3 is 19.6 Å². The van der Waals surface area contributed by atoms with Crippen LogP contribution in [0.2, 0.25) is 0 Å². The van der Waals surface area contributed by atoms with Crippen LogP contribution in [0.15, 0.2) is 47.4 Å². The number of aliphatic hydroxyl groups excluding tert-OH is 1. The molecule has 1 saturated heterocycles. The Morgan fingerprint density at radius 2 is 1.86 bits per heavy atom. The number of amides is 1. The lowest BCUT2D eigenvalue weighted by molar-refractivity contribution is -0.140. The lowest BCUT2D eigenvalue weighted by atomic mass is 10.00. The average molecular weight is 415 g/mol. The van der Waals surface area contributed by atoms with Crippen LogP contribution in [0.25, 0.3) is 5.76 Å². The minimum absolute atomic E-state index is 0.141. The molecule has 0 saturated carbocycles. The smallest absolute Gasteiger partial charge is 0.295 e. The predicted molar refractivity (Wildman–Crippen MR) is 114 cm³/mol. The molecular weight excluding hydrogens is 388 g/mol. The monoisotopic (exact) mass is 414 g/mol. The molecule has 1 unspecified atom stereocenters. The van der Waals surface area contributed by atoms with E-state index in [-0.39, 0.29) is 11.3 Å². The normalized spacial score (nSPS) is 18.6. The highest BCUT2D eigenvalue weighted by atomic mass is 32.1. The number of carbonyl (C=O) groups is 2. The summed E-state index contributed by atoms with van der Waals surface area (Å²) in [5, 5.41) is 12.9. The molecular formula is C22H26N2O4S. The van der Waals surface area contributed by atoms with E-state index in [4.69, 9.17) is 4.74 Å². The van der Waals surface area contributed by atoms with Crippen LogP contribution in [0.5, 0.6) is 5.75 Å². The fraction of sp³-hybridized carbons (Fsp3) is 0.364. The molecule has 29 heavy (non-hydrogen) atoms. The number of benzene rings is 1. The van der Waals surface area contributed by atoms with Gasteiger partial charge in [-0.2, -0.15) is 0 Å². The van der Waals surface area contributed by atoms with Crippen molar-refractivity contribution in [2.75, 3.05) is 33.3 Å². The summed E-state index contributed by atoms with van der Waals surface area (Å²) in [6.45, 7) is 6.97. The maximum absolute atomic E-state index is 12.9. The van der Waals surface area contributed by atoms with Crippen molar-refractivity contribution in [3.8, 4) is 5.75 Å². The summed E-state index contributed by atoms with van der Waals surface area (Å²) < 4.78 is 5.16. The molecule has 1 atom stereocenters. The lowest BCUT2D eigenvalue weighted by Gasteiger charge is -2.27. The van der Waals surface area contributed by atoms with Crippen molar-refractivity contribution < 1.29 is 19.4 Å². The number of methoxy groups -OCH3 is 1. The third kappa shape index (κ3) is 4.21. The van der Waals surface area contributed by atoms with Crippen molar-refractivity contribution >= 4 is 28.8 Å². The zero-order chi connectivity index (χ0) is 21.0. The van der Waals surface area contributed by atoms with E-state index in [1.165, 1.54) is 11.3 Å². The van der Waals surface area contributed by atoms with E-state index >= 15 is 0 Å². The van der Waals surface area contributed by atoms with Crippen molar-refractivity contribution in [1.29, 1.82) is 0 Å². The van der Waals surface area contributed by atoms with Gasteiger partial charge in [-0.3, -0.25) is 9.59 Å². The van der Waals surface area contributed by atoms with Gasteiger partial charge in [0.2, 0.25) is 0 Å². The van der Waals surface area contributed by atoms with Crippen LogP contribution >= 0.6 is 11.3 Å². The molecule has 0 bridgehead atoms. The first-order valence-electron chi connectivity index (χ1n) is 9.70. The summed E-state index contributed by atoms with van der Waals surface area (Å²) in [5.74, 6) is -0.715. The summed E-state index contributed by atoms with van der Waals surface area (Å²) in [6.07, 6.45) is 0. The van der Waals surface area contributed by atoms with Crippen molar-refractivity contribution in [2.24, 2.45) is 0 Å². The molecule has 7 heteroatoms. The summed E-state index contributed by atoms with van der Waals surface area (Å²) in [5.41, 5.74) is 0.622. The van der Waals surface area contributed by atoms with Crippen LogP contribution in [0.4, 0.5) is 0 Å². The Kier molecular flexibility index (Phi) is 6.71. The number of carbonyl (C=O) groups excluding carboxylic acids is 2. The molecule has 1 amide bonds. The van der Waals surface area contributed by atoms with E-state index in [0.29, 0.717) is 24.4 Å². The van der Waals surface area contributed by atoms with Crippen molar-refractivity contribution in [1.82, 2.24) is 9.80 Å². The number of ether oxygens (including phenoxy) is 1. The molecule has 1 aromatic heterocycles. The van der Waals surface area contributed by atoms with Crippen molar-refractivity contribution in [3.05, 3.63) is 57.8 Å². The van der Waals surface area contributed by atoms with Gasteiger partial charge in [0, 0.05) is 23.5 Å². The van der Waals surface area contributed by atoms with Gasteiger partial charge in [-0.1, -0.05) is 19.9 Å². The van der Waals surface area contributed by atoms with Crippen LogP contribution in [0.1, 0.15) is 30.3 Å². The third-order valence-corrected chi connectivity index (χ3v) is 6.19. The fourth-order valence-corrected chi connectivity index (χ4v) is 4.39.